The van der Waals surface area contributed by atoms with E-state index in [-0.39, 0.29) is 0 Å². The van der Waals surface area contributed by atoms with Gasteiger partial charge in [0.15, 0.2) is 0 Å². The molecule has 0 aliphatic carbocycles. The summed E-state index contributed by atoms with van der Waals surface area (Å²) in [6.07, 6.45) is 3.90. The monoisotopic (exact) mass is 242 g/mol. The fraction of sp³-hybridized carbons (Fsp3) is 0.0714. The van der Waals surface area contributed by atoms with E-state index in [0.717, 1.165) is 21.9 Å². The van der Waals surface area contributed by atoms with Gasteiger partial charge in [-0.05, 0) is 30.7 Å². The largest absolute Gasteiger partial charge is 0.299 e. The third-order valence-corrected chi connectivity index (χ3v) is 3.09. The van der Waals surface area contributed by atoms with Gasteiger partial charge >= 0.3 is 0 Å². The minimum Gasteiger partial charge on any atom is -0.299 e. The third kappa shape index (κ3) is 1.71. The molecule has 0 atom stereocenters. The van der Waals surface area contributed by atoms with Gasteiger partial charge in [-0.15, -0.1) is 0 Å². The number of halogens is 1. The molecule has 0 spiro atoms. The molecule has 0 radical (unpaired) electrons. The Morgan fingerprint density at radius 3 is 2.88 bits per heavy atom. The number of pyridine rings is 1. The first kappa shape index (κ1) is 10.4. The first-order valence-electron chi connectivity index (χ1n) is 5.44. The van der Waals surface area contributed by atoms with Crippen molar-refractivity contribution < 1.29 is 0 Å². The van der Waals surface area contributed by atoms with Crippen LogP contribution in [0.25, 0.3) is 16.9 Å². The summed E-state index contributed by atoms with van der Waals surface area (Å²) < 4.78 is 2.08. The maximum atomic E-state index is 6.01. The molecule has 84 valence electrons. The lowest BCUT2D eigenvalue weighted by Gasteiger charge is -2.03. The second kappa shape index (κ2) is 3.90. The van der Waals surface area contributed by atoms with E-state index >= 15 is 0 Å². The molecule has 0 aliphatic heterocycles. The first-order valence-corrected chi connectivity index (χ1v) is 5.82. The molecule has 2 heterocycles. The number of aryl methyl sites for hydroxylation is 1. The normalized spacial score (nSPS) is 10.9. The van der Waals surface area contributed by atoms with Gasteiger partial charge in [-0.1, -0.05) is 29.8 Å². The summed E-state index contributed by atoms with van der Waals surface area (Å²) in [6, 6.07) is 11.9. The van der Waals surface area contributed by atoms with Crippen LogP contribution in [0, 0.1) is 6.92 Å². The highest BCUT2D eigenvalue weighted by Crippen LogP contribution is 2.24. The summed E-state index contributed by atoms with van der Waals surface area (Å²) >= 11 is 6.01. The number of hydrogen-bond donors (Lipinski definition) is 0. The molecule has 0 saturated carbocycles. The lowest BCUT2D eigenvalue weighted by Crippen LogP contribution is -1.89. The molecule has 0 amide bonds. The van der Waals surface area contributed by atoms with Gasteiger partial charge < -0.3 is 0 Å². The van der Waals surface area contributed by atoms with Crippen LogP contribution in [0.3, 0.4) is 0 Å². The molecule has 0 bridgehead atoms. The van der Waals surface area contributed by atoms with Crippen molar-refractivity contribution in [1.29, 1.82) is 0 Å². The highest BCUT2D eigenvalue weighted by molar-refractivity contribution is 6.30. The Morgan fingerprint density at radius 2 is 2.06 bits per heavy atom. The van der Waals surface area contributed by atoms with Gasteiger partial charge in [-0.25, -0.2) is 4.98 Å². The number of rotatable bonds is 1. The van der Waals surface area contributed by atoms with Crippen LogP contribution < -0.4 is 0 Å². The smallest absolute Gasteiger partial charge is 0.140 e. The van der Waals surface area contributed by atoms with Crippen LogP contribution in [0.1, 0.15) is 5.56 Å². The molecule has 2 nitrogen and oxygen atoms in total. The van der Waals surface area contributed by atoms with E-state index in [1.54, 1.807) is 0 Å². The second-order valence-corrected chi connectivity index (χ2v) is 4.48. The van der Waals surface area contributed by atoms with E-state index in [1.807, 2.05) is 42.7 Å². The van der Waals surface area contributed by atoms with Crippen LogP contribution in [-0.4, -0.2) is 9.38 Å². The van der Waals surface area contributed by atoms with Crippen LogP contribution in [0.4, 0.5) is 0 Å². The zero-order chi connectivity index (χ0) is 11.8. The topological polar surface area (TPSA) is 17.3 Å². The van der Waals surface area contributed by atoms with E-state index < -0.39 is 0 Å². The Labute approximate surface area is 104 Å². The quantitative estimate of drug-likeness (QED) is 0.631. The highest BCUT2D eigenvalue weighted by Gasteiger charge is 2.06. The fourth-order valence-corrected chi connectivity index (χ4v) is 2.20. The van der Waals surface area contributed by atoms with Crippen molar-refractivity contribution in [1.82, 2.24) is 9.38 Å². The predicted octanol–water partition coefficient (Wildman–Crippen LogP) is 3.96. The maximum Gasteiger partial charge on any atom is 0.140 e. The number of hydrogen-bond acceptors (Lipinski definition) is 1. The highest BCUT2D eigenvalue weighted by atomic mass is 35.5. The number of aromatic nitrogens is 2. The molecule has 0 aliphatic rings. The molecular weight excluding hydrogens is 232 g/mol. The Morgan fingerprint density at radius 1 is 1.18 bits per heavy atom. The van der Waals surface area contributed by atoms with Crippen LogP contribution >= 0.6 is 11.6 Å². The molecule has 3 rings (SSSR count). The van der Waals surface area contributed by atoms with Gasteiger partial charge in [-0.2, -0.15) is 0 Å². The molecule has 1 aromatic carbocycles. The van der Waals surface area contributed by atoms with E-state index in [1.165, 1.54) is 5.56 Å². The average molecular weight is 243 g/mol. The molecule has 0 saturated heterocycles. The summed E-state index contributed by atoms with van der Waals surface area (Å²) in [5.41, 5.74) is 4.30. The van der Waals surface area contributed by atoms with Crippen molar-refractivity contribution in [3.05, 3.63) is 59.4 Å². The number of benzene rings is 1. The molecule has 0 N–H and O–H groups in total. The summed E-state index contributed by atoms with van der Waals surface area (Å²) in [5.74, 6) is 0. The van der Waals surface area contributed by atoms with Crippen LogP contribution in [0.2, 0.25) is 5.02 Å². The van der Waals surface area contributed by atoms with E-state index in [9.17, 15) is 0 Å². The molecule has 0 fully saturated rings. The van der Waals surface area contributed by atoms with Crippen LogP contribution in [0.5, 0.6) is 0 Å². The second-order valence-electron chi connectivity index (χ2n) is 4.04. The molecule has 3 aromatic rings. The average Bonchev–Trinajstić information content (AvgIpc) is 2.74. The maximum absolute atomic E-state index is 6.01. The van der Waals surface area contributed by atoms with Gasteiger partial charge in [0, 0.05) is 16.8 Å². The molecule has 0 unspecified atom stereocenters. The van der Waals surface area contributed by atoms with Crippen molar-refractivity contribution in [3.63, 3.8) is 0 Å². The SMILES string of the molecule is Cc1cccn2c(-c3cccc(Cl)c3)cnc12. The standard InChI is InChI=1S/C14H11ClN2/c1-10-4-3-7-17-13(9-16-14(10)17)11-5-2-6-12(15)8-11/h2-9H,1H3. The van der Waals surface area contributed by atoms with E-state index in [2.05, 4.69) is 22.4 Å². The van der Waals surface area contributed by atoms with E-state index in [0.29, 0.717) is 0 Å². The number of imidazole rings is 1. The molecule has 3 heteroatoms. The summed E-state index contributed by atoms with van der Waals surface area (Å²) in [5, 5.41) is 0.741. The molecular formula is C14H11ClN2. The number of fused-ring (bicyclic) bond motifs is 1. The van der Waals surface area contributed by atoms with Gasteiger partial charge in [0.1, 0.15) is 5.65 Å². The summed E-state index contributed by atoms with van der Waals surface area (Å²) in [4.78, 5) is 4.44. The Kier molecular flexibility index (Phi) is 2.37. The van der Waals surface area contributed by atoms with Gasteiger partial charge in [-0.3, -0.25) is 4.40 Å². The van der Waals surface area contributed by atoms with Crippen LogP contribution in [0.15, 0.2) is 48.8 Å². The van der Waals surface area contributed by atoms with Crippen molar-refractivity contribution in [3.8, 4) is 11.3 Å². The van der Waals surface area contributed by atoms with Crippen molar-refractivity contribution in [2.45, 2.75) is 6.92 Å². The Bertz CT molecular complexity index is 686. The third-order valence-electron chi connectivity index (χ3n) is 2.85. The lowest BCUT2D eigenvalue weighted by atomic mass is 10.2. The number of nitrogens with zero attached hydrogens (tertiary/aromatic N) is 2. The summed E-state index contributed by atoms with van der Waals surface area (Å²) in [7, 11) is 0. The predicted molar refractivity (Wildman–Crippen MR) is 70.4 cm³/mol. The first-order chi connectivity index (χ1) is 8.25. The van der Waals surface area contributed by atoms with Crippen molar-refractivity contribution >= 4 is 17.2 Å². The Balaban J connectivity index is 2.28. The lowest BCUT2D eigenvalue weighted by molar-refractivity contribution is 1.17. The molecule has 17 heavy (non-hydrogen) atoms. The van der Waals surface area contributed by atoms with Gasteiger partial charge in [0.2, 0.25) is 0 Å². The zero-order valence-corrected chi connectivity index (χ0v) is 10.1. The minimum atomic E-state index is 0.741. The van der Waals surface area contributed by atoms with E-state index in [4.69, 9.17) is 11.6 Å². The Hall–Kier alpha value is -1.80. The van der Waals surface area contributed by atoms with Crippen molar-refractivity contribution in [2.75, 3.05) is 0 Å². The van der Waals surface area contributed by atoms with Gasteiger partial charge in [0.05, 0.1) is 11.9 Å². The van der Waals surface area contributed by atoms with Crippen LogP contribution in [-0.2, 0) is 0 Å². The summed E-state index contributed by atoms with van der Waals surface area (Å²) in [6.45, 7) is 2.06. The van der Waals surface area contributed by atoms with Crippen molar-refractivity contribution in [2.24, 2.45) is 0 Å². The zero-order valence-electron chi connectivity index (χ0n) is 9.39. The fourth-order valence-electron chi connectivity index (χ4n) is 2.01. The minimum absolute atomic E-state index is 0.741. The van der Waals surface area contributed by atoms with Gasteiger partial charge in [0.25, 0.3) is 0 Å². The molecule has 2 aromatic heterocycles.